The Morgan fingerprint density at radius 2 is 1.81 bits per heavy atom. The fourth-order valence-electron chi connectivity index (χ4n) is 3.58. The first-order valence-corrected chi connectivity index (χ1v) is 10.9. The number of ketones is 1. The van der Waals surface area contributed by atoms with Gasteiger partial charge in [0.05, 0.1) is 10.3 Å². The first kappa shape index (κ1) is 21.4. The highest BCUT2D eigenvalue weighted by Crippen LogP contribution is 2.29. The van der Waals surface area contributed by atoms with Crippen LogP contribution >= 0.6 is 15.9 Å². The van der Waals surface area contributed by atoms with Gasteiger partial charge in [-0.3, -0.25) is 4.79 Å². The predicted molar refractivity (Wildman–Crippen MR) is 125 cm³/mol. The van der Waals surface area contributed by atoms with Crippen LogP contribution in [0.1, 0.15) is 48.7 Å². The van der Waals surface area contributed by atoms with E-state index in [1.165, 1.54) is 18.0 Å². The topological polar surface area (TPSA) is 58.6 Å². The van der Waals surface area contributed by atoms with Crippen molar-refractivity contribution in [2.24, 2.45) is 0 Å². The van der Waals surface area contributed by atoms with Crippen molar-refractivity contribution >= 4 is 32.7 Å². The molecular weight excluding hydrogens is 457 g/mol. The zero-order chi connectivity index (χ0) is 22.2. The van der Waals surface area contributed by atoms with Gasteiger partial charge in [-0.15, -0.1) is 0 Å². The van der Waals surface area contributed by atoms with Gasteiger partial charge in [-0.25, -0.2) is 14.4 Å². The van der Waals surface area contributed by atoms with Crippen LogP contribution in [0.25, 0.3) is 22.3 Å². The standard InChI is InChI=1S/C25H23BrFN3O/c1-25(2,3)18-9-6-16(7-10-18)21(31)11-8-15-4-5-17(12-20(15)27)23-19-13-22(26)30-24(19)29-14-28-23/h4-7,9-10,12-14H,8,11H2,1-3H3,(H,28,29,30). The lowest BCUT2D eigenvalue weighted by Gasteiger charge is -2.19. The van der Waals surface area contributed by atoms with Crippen molar-refractivity contribution in [3.05, 3.63) is 82.0 Å². The number of aromatic nitrogens is 3. The molecule has 0 atom stereocenters. The average Bonchev–Trinajstić information content (AvgIpc) is 3.12. The smallest absolute Gasteiger partial charge is 0.163 e. The van der Waals surface area contributed by atoms with E-state index in [9.17, 15) is 9.18 Å². The second-order valence-corrected chi connectivity index (χ2v) is 9.51. The van der Waals surface area contributed by atoms with Gasteiger partial charge in [0.1, 0.15) is 17.8 Å². The minimum absolute atomic E-state index is 0.0126. The zero-order valence-electron chi connectivity index (χ0n) is 17.7. The number of H-pyrrole nitrogens is 1. The molecule has 0 aliphatic rings. The predicted octanol–water partition coefficient (Wildman–Crippen LogP) is 6.64. The number of benzene rings is 2. The Labute approximate surface area is 189 Å². The van der Waals surface area contributed by atoms with Gasteiger partial charge in [-0.1, -0.05) is 57.2 Å². The summed E-state index contributed by atoms with van der Waals surface area (Å²) in [5.41, 5.74) is 4.41. The van der Waals surface area contributed by atoms with E-state index >= 15 is 0 Å². The summed E-state index contributed by atoms with van der Waals surface area (Å²) in [5, 5.41) is 0.815. The summed E-state index contributed by atoms with van der Waals surface area (Å²) < 4.78 is 15.6. The van der Waals surface area contributed by atoms with Crippen LogP contribution in [0.2, 0.25) is 0 Å². The molecule has 0 bridgehead atoms. The van der Waals surface area contributed by atoms with Crippen LogP contribution in [0.4, 0.5) is 4.39 Å². The molecule has 2 aromatic heterocycles. The van der Waals surface area contributed by atoms with Gasteiger partial charge in [0.25, 0.3) is 0 Å². The summed E-state index contributed by atoms with van der Waals surface area (Å²) in [6.45, 7) is 6.41. The van der Waals surface area contributed by atoms with Gasteiger partial charge < -0.3 is 4.98 Å². The molecule has 4 rings (SSSR count). The van der Waals surface area contributed by atoms with Crippen LogP contribution < -0.4 is 0 Å². The number of carbonyl (C=O) groups excluding carboxylic acids is 1. The van der Waals surface area contributed by atoms with Gasteiger partial charge >= 0.3 is 0 Å². The highest BCUT2D eigenvalue weighted by atomic mass is 79.9. The number of nitrogens with one attached hydrogen (secondary N) is 1. The first-order chi connectivity index (χ1) is 14.7. The van der Waals surface area contributed by atoms with Crippen molar-refractivity contribution < 1.29 is 9.18 Å². The number of hydrogen-bond acceptors (Lipinski definition) is 3. The van der Waals surface area contributed by atoms with Crippen molar-refractivity contribution in [1.29, 1.82) is 0 Å². The van der Waals surface area contributed by atoms with Crippen molar-refractivity contribution in [3.8, 4) is 11.3 Å². The number of fused-ring (bicyclic) bond motifs is 1. The largest absolute Gasteiger partial charge is 0.334 e. The normalized spacial score (nSPS) is 11.8. The highest BCUT2D eigenvalue weighted by molar-refractivity contribution is 9.10. The number of aryl methyl sites for hydroxylation is 1. The van der Waals surface area contributed by atoms with Crippen LogP contribution in [0, 0.1) is 5.82 Å². The van der Waals surface area contributed by atoms with Crippen molar-refractivity contribution in [3.63, 3.8) is 0 Å². The summed E-state index contributed by atoms with van der Waals surface area (Å²) in [6.07, 6.45) is 2.06. The second kappa shape index (κ2) is 8.35. The number of rotatable bonds is 5. The van der Waals surface area contributed by atoms with E-state index in [4.69, 9.17) is 0 Å². The molecule has 4 aromatic rings. The Bertz CT molecular complexity index is 1260. The number of aromatic amines is 1. The fraction of sp³-hybridized carbons (Fsp3) is 0.240. The van der Waals surface area contributed by atoms with E-state index in [-0.39, 0.29) is 23.4 Å². The van der Waals surface area contributed by atoms with Crippen molar-refractivity contribution in [2.75, 3.05) is 0 Å². The molecule has 0 amide bonds. The molecule has 0 aliphatic heterocycles. The number of hydrogen-bond donors (Lipinski definition) is 1. The van der Waals surface area contributed by atoms with Crippen LogP contribution in [0.3, 0.4) is 0 Å². The number of carbonyl (C=O) groups is 1. The summed E-state index contributed by atoms with van der Waals surface area (Å²) in [4.78, 5) is 24.2. The molecular formula is C25H23BrFN3O. The second-order valence-electron chi connectivity index (χ2n) is 8.66. The molecule has 0 fully saturated rings. The van der Waals surface area contributed by atoms with Crippen LogP contribution in [0.15, 0.2) is 59.5 Å². The molecule has 1 N–H and O–H groups in total. The van der Waals surface area contributed by atoms with Gasteiger partial charge in [0.2, 0.25) is 0 Å². The molecule has 0 aliphatic carbocycles. The molecule has 4 nitrogen and oxygen atoms in total. The Kier molecular flexibility index (Phi) is 5.75. The Morgan fingerprint density at radius 3 is 2.48 bits per heavy atom. The average molecular weight is 480 g/mol. The van der Waals surface area contributed by atoms with Crippen molar-refractivity contribution in [2.45, 2.75) is 39.0 Å². The first-order valence-electron chi connectivity index (χ1n) is 10.1. The Hall–Kier alpha value is -2.86. The van der Waals surface area contributed by atoms with E-state index in [2.05, 4.69) is 51.7 Å². The van der Waals surface area contributed by atoms with Gasteiger partial charge in [-0.2, -0.15) is 0 Å². The molecule has 0 radical (unpaired) electrons. The highest BCUT2D eigenvalue weighted by Gasteiger charge is 2.16. The molecule has 2 heterocycles. The minimum Gasteiger partial charge on any atom is -0.334 e. The van der Waals surface area contributed by atoms with Crippen LogP contribution in [0.5, 0.6) is 0 Å². The van der Waals surface area contributed by atoms with Gasteiger partial charge in [0, 0.05) is 22.9 Å². The molecule has 158 valence electrons. The maximum Gasteiger partial charge on any atom is 0.163 e. The van der Waals surface area contributed by atoms with Crippen LogP contribution in [-0.4, -0.2) is 20.7 Å². The quantitative estimate of drug-likeness (QED) is 0.326. The molecule has 0 saturated heterocycles. The summed E-state index contributed by atoms with van der Waals surface area (Å²) in [7, 11) is 0. The molecule has 6 heteroatoms. The molecule has 0 spiro atoms. The SMILES string of the molecule is CC(C)(C)c1ccc(C(=O)CCc2ccc(-c3ncnc4[nH]c(Br)cc34)cc2F)cc1. The molecule has 31 heavy (non-hydrogen) atoms. The monoisotopic (exact) mass is 479 g/mol. The molecule has 0 saturated carbocycles. The maximum absolute atomic E-state index is 14.8. The number of Topliss-reactive ketones (excluding diaryl/α,β-unsaturated/α-hetero) is 1. The van der Waals surface area contributed by atoms with E-state index in [1.54, 1.807) is 6.07 Å². The number of nitrogens with zero attached hydrogens (tertiary/aromatic N) is 2. The lowest BCUT2D eigenvalue weighted by molar-refractivity contribution is 0.0982. The van der Waals surface area contributed by atoms with E-state index in [0.29, 0.717) is 34.5 Å². The van der Waals surface area contributed by atoms with Gasteiger partial charge in [-0.05, 0) is 51.0 Å². The number of halogens is 2. The summed E-state index contributed by atoms with van der Waals surface area (Å²) in [5.74, 6) is -0.326. The van der Waals surface area contributed by atoms with E-state index in [0.717, 1.165) is 9.99 Å². The van der Waals surface area contributed by atoms with E-state index in [1.807, 2.05) is 36.4 Å². The fourth-order valence-corrected chi connectivity index (χ4v) is 4.00. The van der Waals surface area contributed by atoms with Gasteiger partial charge in [0.15, 0.2) is 5.78 Å². The lowest BCUT2D eigenvalue weighted by atomic mass is 9.86. The maximum atomic E-state index is 14.8. The third-order valence-electron chi connectivity index (χ3n) is 5.41. The minimum atomic E-state index is -0.338. The zero-order valence-corrected chi connectivity index (χ0v) is 19.3. The third kappa shape index (κ3) is 4.59. The summed E-state index contributed by atoms with van der Waals surface area (Å²) >= 11 is 3.39. The molecule has 2 aromatic carbocycles. The third-order valence-corrected chi connectivity index (χ3v) is 5.84. The Balaban J connectivity index is 1.49. The lowest BCUT2D eigenvalue weighted by Crippen LogP contribution is -2.11. The molecule has 0 unspecified atom stereocenters. The van der Waals surface area contributed by atoms with E-state index < -0.39 is 0 Å². The van der Waals surface area contributed by atoms with Crippen LogP contribution in [-0.2, 0) is 11.8 Å². The Morgan fingerprint density at radius 1 is 1.06 bits per heavy atom. The van der Waals surface area contributed by atoms with Crippen molar-refractivity contribution in [1.82, 2.24) is 15.0 Å². The summed E-state index contributed by atoms with van der Waals surface area (Å²) in [6, 6.07) is 14.6.